The van der Waals surface area contributed by atoms with E-state index in [0.717, 1.165) is 63.0 Å². The molecule has 41 heavy (non-hydrogen) atoms. The molecule has 5 rings (SSSR count). The van der Waals surface area contributed by atoms with Crippen LogP contribution in [0.4, 0.5) is 0 Å². The summed E-state index contributed by atoms with van der Waals surface area (Å²) < 4.78 is 23.5. The van der Waals surface area contributed by atoms with Gasteiger partial charge in [-0.05, 0) is 80.8 Å². The maximum atomic E-state index is 13.5. The van der Waals surface area contributed by atoms with Crippen LogP contribution in [-0.2, 0) is 26.0 Å². The third-order valence-electron chi connectivity index (χ3n) is 9.61. The molecule has 2 aromatic rings. The van der Waals surface area contributed by atoms with Gasteiger partial charge in [0.25, 0.3) is 0 Å². The summed E-state index contributed by atoms with van der Waals surface area (Å²) in [6, 6.07) is 17.2. The molecule has 1 aliphatic carbocycles. The van der Waals surface area contributed by atoms with Crippen molar-refractivity contribution < 1.29 is 18.0 Å². The SMILES string of the molecule is CS(=O)(=O)c1ccc(CN2CCC3(CCN(CCC(NC(=O)CC4CCCCC4)c4ccccc4)CC3)C2=O)cc1. The molecule has 0 radical (unpaired) electrons. The van der Waals surface area contributed by atoms with Crippen LogP contribution in [0.2, 0.25) is 0 Å². The van der Waals surface area contributed by atoms with E-state index in [1.54, 1.807) is 12.1 Å². The van der Waals surface area contributed by atoms with E-state index in [0.29, 0.717) is 23.8 Å². The van der Waals surface area contributed by atoms with Gasteiger partial charge in [0.1, 0.15) is 0 Å². The Morgan fingerprint density at radius 3 is 2.27 bits per heavy atom. The van der Waals surface area contributed by atoms with Crippen LogP contribution in [0.3, 0.4) is 0 Å². The Balaban J connectivity index is 1.12. The molecule has 2 aliphatic heterocycles. The maximum Gasteiger partial charge on any atom is 0.229 e. The first-order valence-electron chi connectivity index (χ1n) is 15.4. The molecule has 0 aromatic heterocycles. The highest BCUT2D eigenvalue weighted by atomic mass is 32.2. The summed E-state index contributed by atoms with van der Waals surface area (Å²) in [5.74, 6) is 0.932. The first kappa shape index (κ1) is 29.8. The van der Waals surface area contributed by atoms with Gasteiger partial charge in [0.05, 0.1) is 16.4 Å². The minimum absolute atomic E-state index is 0.000801. The fourth-order valence-corrected chi connectivity index (χ4v) is 7.63. The van der Waals surface area contributed by atoms with E-state index in [1.807, 2.05) is 35.2 Å². The van der Waals surface area contributed by atoms with Crippen molar-refractivity contribution >= 4 is 21.7 Å². The predicted octanol–water partition coefficient (Wildman–Crippen LogP) is 5.12. The van der Waals surface area contributed by atoms with E-state index in [-0.39, 0.29) is 23.3 Å². The molecule has 3 aliphatic rings. The van der Waals surface area contributed by atoms with Gasteiger partial charge in [-0.3, -0.25) is 9.59 Å². The first-order chi connectivity index (χ1) is 19.7. The second-order valence-electron chi connectivity index (χ2n) is 12.5. The van der Waals surface area contributed by atoms with Crippen LogP contribution in [0.15, 0.2) is 59.5 Å². The molecule has 3 fully saturated rings. The average Bonchev–Trinajstić information content (AvgIpc) is 3.26. The Morgan fingerprint density at radius 2 is 1.61 bits per heavy atom. The van der Waals surface area contributed by atoms with E-state index in [4.69, 9.17) is 0 Å². The molecule has 1 unspecified atom stereocenters. The summed E-state index contributed by atoms with van der Waals surface area (Å²) in [7, 11) is -3.23. The molecule has 7 nitrogen and oxygen atoms in total. The minimum Gasteiger partial charge on any atom is -0.349 e. The number of amides is 2. The lowest BCUT2D eigenvalue weighted by Crippen LogP contribution is -2.45. The van der Waals surface area contributed by atoms with Crippen LogP contribution < -0.4 is 5.32 Å². The molecule has 1 saturated carbocycles. The quantitative estimate of drug-likeness (QED) is 0.422. The summed E-state index contributed by atoms with van der Waals surface area (Å²) in [6.07, 6.45) is 11.4. The van der Waals surface area contributed by atoms with Crippen molar-refractivity contribution in [1.29, 1.82) is 0 Å². The number of benzene rings is 2. The Labute approximate surface area is 245 Å². The molecule has 0 bridgehead atoms. The van der Waals surface area contributed by atoms with E-state index < -0.39 is 9.84 Å². The number of carbonyl (C=O) groups excluding carboxylic acids is 2. The Kier molecular flexibility index (Phi) is 9.49. The van der Waals surface area contributed by atoms with Crippen LogP contribution in [0.1, 0.15) is 81.4 Å². The zero-order valence-electron chi connectivity index (χ0n) is 24.4. The average molecular weight is 580 g/mol. The van der Waals surface area contributed by atoms with Gasteiger partial charge in [-0.1, -0.05) is 61.7 Å². The smallest absolute Gasteiger partial charge is 0.229 e. The Hall–Kier alpha value is -2.71. The summed E-state index contributed by atoms with van der Waals surface area (Å²) in [6.45, 7) is 3.94. The highest BCUT2D eigenvalue weighted by Crippen LogP contribution is 2.42. The van der Waals surface area contributed by atoms with E-state index in [2.05, 4.69) is 22.3 Å². The van der Waals surface area contributed by atoms with E-state index in [1.165, 1.54) is 38.4 Å². The highest BCUT2D eigenvalue weighted by molar-refractivity contribution is 7.90. The Bertz CT molecular complexity index is 1280. The maximum absolute atomic E-state index is 13.5. The monoisotopic (exact) mass is 579 g/mol. The zero-order valence-corrected chi connectivity index (χ0v) is 25.2. The second-order valence-corrected chi connectivity index (χ2v) is 14.6. The number of piperidine rings is 1. The fourth-order valence-electron chi connectivity index (χ4n) is 7.00. The topological polar surface area (TPSA) is 86.8 Å². The van der Waals surface area contributed by atoms with Crippen LogP contribution in [0, 0.1) is 11.3 Å². The Morgan fingerprint density at radius 1 is 0.951 bits per heavy atom. The van der Waals surface area contributed by atoms with Crippen molar-refractivity contribution in [3.05, 3.63) is 65.7 Å². The largest absolute Gasteiger partial charge is 0.349 e. The van der Waals surface area contributed by atoms with Gasteiger partial charge in [-0.2, -0.15) is 0 Å². The van der Waals surface area contributed by atoms with Gasteiger partial charge < -0.3 is 15.1 Å². The number of carbonyl (C=O) groups is 2. The third-order valence-corrected chi connectivity index (χ3v) is 10.7. The molecule has 1 N–H and O–H groups in total. The number of nitrogens with one attached hydrogen (secondary N) is 1. The van der Waals surface area contributed by atoms with Crippen molar-refractivity contribution in [3.63, 3.8) is 0 Å². The van der Waals surface area contributed by atoms with Crippen molar-refractivity contribution in [2.24, 2.45) is 11.3 Å². The van der Waals surface area contributed by atoms with Crippen molar-refractivity contribution in [1.82, 2.24) is 15.1 Å². The van der Waals surface area contributed by atoms with Gasteiger partial charge in [-0.15, -0.1) is 0 Å². The number of rotatable bonds is 10. The molecule has 2 heterocycles. The van der Waals surface area contributed by atoms with E-state index in [9.17, 15) is 18.0 Å². The van der Waals surface area contributed by atoms with Gasteiger partial charge in [0.15, 0.2) is 9.84 Å². The number of hydrogen-bond acceptors (Lipinski definition) is 5. The van der Waals surface area contributed by atoms with Crippen molar-refractivity contribution in [2.45, 2.75) is 81.7 Å². The molecule has 1 spiro atoms. The third kappa shape index (κ3) is 7.58. The molecule has 1 atom stereocenters. The summed E-state index contributed by atoms with van der Waals surface area (Å²) in [4.78, 5) is 31.2. The first-order valence-corrected chi connectivity index (χ1v) is 17.3. The van der Waals surface area contributed by atoms with Crippen LogP contribution in [-0.4, -0.2) is 62.5 Å². The lowest BCUT2D eigenvalue weighted by molar-refractivity contribution is -0.139. The van der Waals surface area contributed by atoms with Crippen LogP contribution >= 0.6 is 0 Å². The molecular weight excluding hydrogens is 534 g/mol. The standard InChI is InChI=1S/C33H45N3O4S/c1-41(39,40)29-14-12-27(13-15-29)25-36-23-19-33(32(36)38)17-21-35(22-18-33)20-16-30(28-10-6-3-7-11-28)34-31(37)24-26-8-4-2-5-9-26/h3,6-7,10-15,26,30H,2,4-5,8-9,16-25H2,1H3,(H,34,37). The normalized spacial score (nSPS) is 20.8. The number of nitrogens with zero attached hydrogens (tertiary/aromatic N) is 2. The van der Waals surface area contributed by atoms with Crippen LogP contribution in [0.25, 0.3) is 0 Å². The minimum atomic E-state index is -3.23. The van der Waals surface area contributed by atoms with Crippen molar-refractivity contribution in [3.8, 4) is 0 Å². The molecular formula is C33H45N3O4S. The van der Waals surface area contributed by atoms with E-state index >= 15 is 0 Å². The summed E-state index contributed by atoms with van der Waals surface area (Å²) in [5.41, 5.74) is 1.83. The van der Waals surface area contributed by atoms with Gasteiger partial charge in [0, 0.05) is 32.3 Å². The van der Waals surface area contributed by atoms with Gasteiger partial charge >= 0.3 is 0 Å². The molecule has 2 amide bonds. The summed E-state index contributed by atoms with van der Waals surface area (Å²) in [5, 5.41) is 3.36. The fraction of sp³-hybridized carbons (Fsp3) is 0.576. The number of likely N-dealkylation sites (tertiary alicyclic amines) is 2. The molecule has 2 aromatic carbocycles. The molecule has 2 saturated heterocycles. The van der Waals surface area contributed by atoms with Gasteiger partial charge in [-0.25, -0.2) is 8.42 Å². The zero-order chi connectivity index (χ0) is 28.9. The van der Waals surface area contributed by atoms with Crippen molar-refractivity contribution in [2.75, 3.05) is 32.4 Å². The lowest BCUT2D eigenvalue weighted by atomic mass is 9.77. The summed E-state index contributed by atoms with van der Waals surface area (Å²) >= 11 is 0. The lowest BCUT2D eigenvalue weighted by Gasteiger charge is -2.38. The van der Waals surface area contributed by atoms with Crippen LogP contribution in [0.5, 0.6) is 0 Å². The molecule has 8 heteroatoms. The second kappa shape index (κ2) is 13.1. The van der Waals surface area contributed by atoms with Gasteiger partial charge in [0.2, 0.25) is 11.8 Å². The molecule has 222 valence electrons. The number of sulfone groups is 1. The predicted molar refractivity (Wildman–Crippen MR) is 161 cm³/mol. The number of hydrogen-bond donors (Lipinski definition) is 1. The highest BCUT2D eigenvalue weighted by Gasteiger charge is 2.47.